The minimum absolute atomic E-state index is 0.648. The minimum Gasteiger partial charge on any atom is -0.309 e. The molecule has 0 heterocycles. The Morgan fingerprint density at radius 3 is 2.62 bits per heavy atom. The average molecular weight is 246 g/mol. The summed E-state index contributed by atoms with van der Waals surface area (Å²) in [6.45, 7) is 7.02. The van der Waals surface area contributed by atoms with Crippen LogP contribution in [0.1, 0.15) is 39.0 Å². The Bertz CT molecular complexity index is 161. The van der Waals surface area contributed by atoms with E-state index in [1.165, 1.54) is 32.1 Å². The number of hydrogen-bond acceptors (Lipinski definition) is 1. The van der Waals surface area contributed by atoms with Gasteiger partial charge in [-0.25, -0.2) is 0 Å². The lowest BCUT2D eigenvalue weighted by atomic mass is 9.84. The molecule has 1 fully saturated rings. The molecule has 2 heteroatoms. The van der Waals surface area contributed by atoms with E-state index in [2.05, 4.69) is 34.7 Å². The van der Waals surface area contributed by atoms with Gasteiger partial charge in [0.25, 0.3) is 0 Å². The Kier molecular flexibility index (Phi) is 5.04. The van der Waals surface area contributed by atoms with Crippen LogP contribution in [0.5, 0.6) is 0 Å². The molecular formula is C11H20BrN. The quantitative estimate of drug-likeness (QED) is 0.801. The van der Waals surface area contributed by atoms with Crippen molar-refractivity contribution in [2.24, 2.45) is 5.92 Å². The van der Waals surface area contributed by atoms with E-state index in [4.69, 9.17) is 0 Å². The van der Waals surface area contributed by atoms with Gasteiger partial charge in [0, 0.05) is 17.1 Å². The fraction of sp³-hybridized carbons (Fsp3) is 0.818. The monoisotopic (exact) mass is 245 g/mol. The highest BCUT2D eigenvalue weighted by Gasteiger charge is 2.19. The van der Waals surface area contributed by atoms with Crippen LogP contribution in [0.4, 0.5) is 0 Å². The maximum Gasteiger partial charge on any atom is 0.0268 e. The molecule has 13 heavy (non-hydrogen) atoms. The zero-order valence-electron chi connectivity index (χ0n) is 8.48. The molecule has 0 radical (unpaired) electrons. The second-order valence-corrected chi connectivity index (χ2v) is 5.21. The van der Waals surface area contributed by atoms with Crippen molar-refractivity contribution >= 4 is 15.9 Å². The van der Waals surface area contributed by atoms with Crippen molar-refractivity contribution in [3.8, 4) is 0 Å². The normalized spacial score (nSPS) is 21.4. The third-order valence-corrected chi connectivity index (χ3v) is 3.25. The van der Waals surface area contributed by atoms with Gasteiger partial charge in [0.2, 0.25) is 0 Å². The molecule has 1 aliphatic carbocycles. The maximum absolute atomic E-state index is 3.83. The molecule has 0 amide bonds. The zero-order valence-corrected chi connectivity index (χ0v) is 10.1. The third-order valence-electron chi connectivity index (χ3n) is 2.97. The van der Waals surface area contributed by atoms with Crippen molar-refractivity contribution in [2.45, 2.75) is 45.1 Å². The molecule has 1 saturated carbocycles. The van der Waals surface area contributed by atoms with Crippen LogP contribution in [0.2, 0.25) is 0 Å². The lowest BCUT2D eigenvalue weighted by molar-refractivity contribution is 0.287. The van der Waals surface area contributed by atoms with Crippen molar-refractivity contribution in [1.29, 1.82) is 0 Å². The van der Waals surface area contributed by atoms with Gasteiger partial charge in [-0.2, -0.15) is 0 Å². The van der Waals surface area contributed by atoms with E-state index in [-0.39, 0.29) is 0 Å². The first-order valence-corrected chi connectivity index (χ1v) is 6.06. The zero-order chi connectivity index (χ0) is 9.68. The highest BCUT2D eigenvalue weighted by molar-refractivity contribution is 9.11. The summed E-state index contributed by atoms with van der Waals surface area (Å²) < 4.78 is 1.05. The molecule has 76 valence electrons. The predicted octanol–water partition coefficient (Wildman–Crippen LogP) is 3.45. The van der Waals surface area contributed by atoms with E-state index in [0.29, 0.717) is 6.04 Å². The molecule has 0 aromatic heterocycles. The number of nitrogens with one attached hydrogen (secondary N) is 1. The standard InChI is InChI=1S/C11H20BrN/c1-9(12)8-13-10(2)11-6-4-3-5-7-11/h10-11,13H,1,3-8H2,2H3. The van der Waals surface area contributed by atoms with Gasteiger partial charge in [0.1, 0.15) is 0 Å². The van der Waals surface area contributed by atoms with Gasteiger partial charge < -0.3 is 5.32 Å². The first-order chi connectivity index (χ1) is 6.20. The van der Waals surface area contributed by atoms with E-state index in [1.54, 1.807) is 0 Å². The largest absolute Gasteiger partial charge is 0.309 e. The van der Waals surface area contributed by atoms with Crippen molar-refractivity contribution in [3.05, 3.63) is 11.1 Å². The Labute approximate surface area is 90.1 Å². The smallest absolute Gasteiger partial charge is 0.0268 e. The topological polar surface area (TPSA) is 12.0 Å². The van der Waals surface area contributed by atoms with Crippen LogP contribution in [-0.2, 0) is 0 Å². The lowest BCUT2D eigenvalue weighted by Crippen LogP contribution is -2.35. The van der Waals surface area contributed by atoms with Crippen molar-refractivity contribution in [2.75, 3.05) is 6.54 Å². The van der Waals surface area contributed by atoms with Gasteiger partial charge in [0.15, 0.2) is 0 Å². The van der Waals surface area contributed by atoms with Gasteiger partial charge in [-0.15, -0.1) is 0 Å². The molecule has 1 rings (SSSR count). The molecule has 1 nitrogen and oxygen atoms in total. The first-order valence-electron chi connectivity index (χ1n) is 5.27. The molecule has 0 aliphatic heterocycles. The summed E-state index contributed by atoms with van der Waals surface area (Å²) in [4.78, 5) is 0. The second kappa shape index (κ2) is 5.82. The Morgan fingerprint density at radius 1 is 1.46 bits per heavy atom. The van der Waals surface area contributed by atoms with Crippen molar-refractivity contribution < 1.29 is 0 Å². The summed E-state index contributed by atoms with van der Waals surface area (Å²) in [5, 5.41) is 3.51. The Hall–Kier alpha value is 0.180. The summed E-state index contributed by atoms with van der Waals surface area (Å²) in [6, 6.07) is 0.648. The molecule has 0 spiro atoms. The third kappa shape index (κ3) is 4.28. The van der Waals surface area contributed by atoms with Crippen LogP contribution in [0.25, 0.3) is 0 Å². The lowest BCUT2D eigenvalue weighted by Gasteiger charge is -2.28. The summed E-state index contributed by atoms with van der Waals surface area (Å²) in [5.74, 6) is 0.889. The summed E-state index contributed by atoms with van der Waals surface area (Å²) in [7, 11) is 0. The van der Waals surface area contributed by atoms with Gasteiger partial charge in [-0.3, -0.25) is 0 Å². The first kappa shape index (κ1) is 11.3. The molecule has 1 atom stereocenters. The summed E-state index contributed by atoms with van der Waals surface area (Å²) in [6.07, 6.45) is 7.10. The summed E-state index contributed by atoms with van der Waals surface area (Å²) in [5.41, 5.74) is 0. The van der Waals surface area contributed by atoms with Crippen molar-refractivity contribution in [1.82, 2.24) is 5.32 Å². The van der Waals surface area contributed by atoms with Crippen LogP contribution in [0.15, 0.2) is 11.1 Å². The van der Waals surface area contributed by atoms with Crippen LogP contribution in [0, 0.1) is 5.92 Å². The molecule has 0 aromatic carbocycles. The van der Waals surface area contributed by atoms with Crippen LogP contribution in [-0.4, -0.2) is 12.6 Å². The fourth-order valence-electron chi connectivity index (χ4n) is 2.07. The molecule has 1 N–H and O–H groups in total. The highest BCUT2D eigenvalue weighted by Crippen LogP contribution is 2.26. The summed E-state index contributed by atoms with van der Waals surface area (Å²) >= 11 is 3.37. The van der Waals surface area contributed by atoms with E-state index in [0.717, 1.165) is 16.9 Å². The number of rotatable bonds is 4. The van der Waals surface area contributed by atoms with Crippen LogP contribution in [0.3, 0.4) is 0 Å². The van der Waals surface area contributed by atoms with Gasteiger partial charge in [0.05, 0.1) is 0 Å². The number of hydrogen-bond donors (Lipinski definition) is 1. The van der Waals surface area contributed by atoms with E-state index in [1.807, 2.05) is 0 Å². The number of halogens is 1. The molecule has 0 bridgehead atoms. The van der Waals surface area contributed by atoms with Crippen molar-refractivity contribution in [3.63, 3.8) is 0 Å². The van der Waals surface area contributed by atoms with Gasteiger partial charge in [-0.1, -0.05) is 41.8 Å². The second-order valence-electron chi connectivity index (χ2n) is 4.08. The van der Waals surface area contributed by atoms with Crippen LogP contribution < -0.4 is 5.32 Å². The van der Waals surface area contributed by atoms with Gasteiger partial charge >= 0.3 is 0 Å². The average Bonchev–Trinajstić information content (AvgIpc) is 2.15. The van der Waals surface area contributed by atoms with Crippen LogP contribution >= 0.6 is 15.9 Å². The highest BCUT2D eigenvalue weighted by atomic mass is 79.9. The predicted molar refractivity (Wildman–Crippen MR) is 62.1 cm³/mol. The molecule has 0 saturated heterocycles. The fourth-order valence-corrected chi connectivity index (χ4v) is 2.23. The van der Waals surface area contributed by atoms with E-state index >= 15 is 0 Å². The molecule has 1 unspecified atom stereocenters. The SMILES string of the molecule is C=C(Br)CNC(C)C1CCCCC1. The molecular weight excluding hydrogens is 226 g/mol. The Balaban J connectivity index is 2.20. The maximum atomic E-state index is 3.83. The minimum atomic E-state index is 0.648. The molecule has 0 aromatic rings. The van der Waals surface area contributed by atoms with Gasteiger partial charge in [-0.05, 0) is 25.7 Å². The van der Waals surface area contributed by atoms with E-state index in [9.17, 15) is 0 Å². The van der Waals surface area contributed by atoms with E-state index < -0.39 is 0 Å². The Morgan fingerprint density at radius 2 is 2.08 bits per heavy atom. The molecule has 1 aliphatic rings.